The van der Waals surface area contributed by atoms with Crippen molar-refractivity contribution in [1.29, 1.82) is 0 Å². The van der Waals surface area contributed by atoms with E-state index in [0.29, 0.717) is 16.9 Å². The van der Waals surface area contributed by atoms with Gasteiger partial charge in [-0.15, -0.1) is 0 Å². The van der Waals surface area contributed by atoms with Crippen LogP contribution in [0.3, 0.4) is 0 Å². The normalized spacial score (nSPS) is 26.0. The zero-order valence-corrected chi connectivity index (χ0v) is 16.6. The zero-order chi connectivity index (χ0) is 21.1. The number of carbonyl (C=O) groups is 3. The van der Waals surface area contributed by atoms with Crippen molar-refractivity contribution in [2.75, 3.05) is 10.2 Å². The molecule has 6 rings (SSSR count). The Morgan fingerprint density at radius 3 is 2.29 bits per heavy atom. The van der Waals surface area contributed by atoms with Gasteiger partial charge in [-0.05, 0) is 54.7 Å². The van der Waals surface area contributed by atoms with Crippen molar-refractivity contribution in [3.63, 3.8) is 0 Å². The van der Waals surface area contributed by atoms with E-state index in [1.165, 1.54) is 4.90 Å². The van der Waals surface area contributed by atoms with Gasteiger partial charge >= 0.3 is 0 Å². The summed E-state index contributed by atoms with van der Waals surface area (Å²) in [6, 6.07) is 16.0. The van der Waals surface area contributed by atoms with Gasteiger partial charge in [0.05, 0.1) is 28.7 Å². The van der Waals surface area contributed by atoms with E-state index >= 15 is 0 Å². The van der Waals surface area contributed by atoms with Crippen molar-refractivity contribution in [2.45, 2.75) is 6.42 Å². The van der Waals surface area contributed by atoms with Crippen LogP contribution in [0.5, 0.6) is 0 Å². The minimum absolute atomic E-state index is 0.120. The molecular weight excluding hydrogens is 390 g/mol. The lowest BCUT2D eigenvalue weighted by Crippen LogP contribution is -2.32. The molecule has 3 aromatic rings. The molecular formula is C25H19N3O3. The Balaban J connectivity index is 1.24. The van der Waals surface area contributed by atoms with E-state index in [1.807, 2.05) is 30.3 Å². The summed E-state index contributed by atoms with van der Waals surface area (Å²) >= 11 is 0. The van der Waals surface area contributed by atoms with E-state index < -0.39 is 0 Å². The van der Waals surface area contributed by atoms with Crippen molar-refractivity contribution in [3.05, 3.63) is 78.5 Å². The van der Waals surface area contributed by atoms with E-state index in [0.717, 1.165) is 17.3 Å². The Hall–Kier alpha value is -3.80. The van der Waals surface area contributed by atoms with Crippen molar-refractivity contribution >= 4 is 40.0 Å². The third-order valence-corrected chi connectivity index (χ3v) is 6.74. The van der Waals surface area contributed by atoms with Crippen molar-refractivity contribution in [3.8, 4) is 0 Å². The molecule has 2 heterocycles. The molecule has 1 saturated carbocycles. The molecule has 1 unspecified atom stereocenters. The largest absolute Gasteiger partial charge is 0.320 e. The van der Waals surface area contributed by atoms with Gasteiger partial charge < -0.3 is 5.32 Å². The van der Waals surface area contributed by atoms with Crippen LogP contribution in [0, 0.1) is 23.7 Å². The van der Waals surface area contributed by atoms with Crippen LogP contribution in [0.25, 0.3) is 10.9 Å². The topological polar surface area (TPSA) is 79.4 Å². The summed E-state index contributed by atoms with van der Waals surface area (Å²) in [6.45, 7) is 0. The number of aromatic nitrogens is 1. The fraction of sp³-hybridized carbons (Fsp3) is 0.200. The zero-order valence-electron chi connectivity index (χ0n) is 16.6. The lowest BCUT2D eigenvalue weighted by atomic mass is 9.85. The number of benzene rings is 2. The molecule has 3 amide bonds. The second-order valence-electron chi connectivity index (χ2n) is 8.39. The summed E-state index contributed by atoms with van der Waals surface area (Å²) in [5, 5.41) is 3.84. The Bertz CT molecular complexity index is 1250. The predicted octanol–water partition coefficient (Wildman–Crippen LogP) is 3.80. The van der Waals surface area contributed by atoms with Crippen LogP contribution in [0.1, 0.15) is 16.8 Å². The molecule has 1 aromatic heterocycles. The third-order valence-electron chi connectivity index (χ3n) is 6.74. The second kappa shape index (κ2) is 6.60. The Labute approximate surface area is 178 Å². The molecule has 1 N–H and O–H groups in total. The lowest BCUT2D eigenvalue weighted by molar-refractivity contribution is -0.123. The quantitative estimate of drug-likeness (QED) is 0.527. The van der Waals surface area contributed by atoms with Crippen LogP contribution in [0.4, 0.5) is 11.4 Å². The highest BCUT2D eigenvalue weighted by atomic mass is 16.2. The maximum atomic E-state index is 13.0. The molecule has 3 aliphatic rings. The SMILES string of the molecule is O=C(Nc1cccc2cccnc12)c1ccc(N2C(=O)[C@@H]3[C@H](C2=O)C2C=C[C@H]3C2)cc1. The molecule has 1 saturated heterocycles. The highest BCUT2D eigenvalue weighted by Crippen LogP contribution is 2.53. The highest BCUT2D eigenvalue weighted by Gasteiger charge is 2.59. The van der Waals surface area contributed by atoms with Crippen LogP contribution in [-0.2, 0) is 9.59 Å². The number of carbonyl (C=O) groups excluding carboxylic acids is 3. The molecule has 31 heavy (non-hydrogen) atoms. The average molecular weight is 409 g/mol. The van der Waals surface area contributed by atoms with Gasteiger partial charge in [0.25, 0.3) is 5.91 Å². The first-order valence-corrected chi connectivity index (χ1v) is 10.4. The fourth-order valence-corrected chi connectivity index (χ4v) is 5.32. The number of imide groups is 1. The monoisotopic (exact) mass is 409 g/mol. The van der Waals surface area contributed by atoms with Gasteiger partial charge in [-0.2, -0.15) is 0 Å². The number of para-hydroxylation sites is 1. The Morgan fingerprint density at radius 2 is 1.58 bits per heavy atom. The molecule has 0 radical (unpaired) electrons. The number of amides is 3. The summed E-state index contributed by atoms with van der Waals surface area (Å²) in [6.07, 6.45) is 6.75. The van der Waals surface area contributed by atoms with E-state index in [2.05, 4.69) is 22.5 Å². The van der Waals surface area contributed by atoms with E-state index in [1.54, 1.807) is 30.5 Å². The minimum atomic E-state index is -0.275. The molecule has 152 valence electrons. The van der Waals surface area contributed by atoms with Crippen LogP contribution in [-0.4, -0.2) is 22.7 Å². The minimum Gasteiger partial charge on any atom is -0.320 e. The molecule has 0 spiro atoms. The summed E-state index contributed by atoms with van der Waals surface area (Å²) in [5.41, 5.74) is 2.32. The molecule has 6 nitrogen and oxygen atoms in total. The number of rotatable bonds is 3. The summed E-state index contributed by atoms with van der Waals surface area (Å²) < 4.78 is 0. The average Bonchev–Trinajstić information content (AvgIpc) is 3.48. The van der Waals surface area contributed by atoms with Crippen LogP contribution in [0.2, 0.25) is 0 Å². The van der Waals surface area contributed by atoms with Crippen LogP contribution < -0.4 is 10.2 Å². The molecule has 2 aliphatic carbocycles. The highest BCUT2D eigenvalue weighted by molar-refractivity contribution is 6.23. The van der Waals surface area contributed by atoms with Crippen LogP contribution in [0.15, 0.2) is 72.9 Å². The molecule has 4 atom stereocenters. The maximum Gasteiger partial charge on any atom is 0.255 e. The van der Waals surface area contributed by atoms with E-state index in [-0.39, 0.29) is 41.4 Å². The number of fused-ring (bicyclic) bond motifs is 6. The first-order valence-electron chi connectivity index (χ1n) is 10.4. The predicted molar refractivity (Wildman–Crippen MR) is 116 cm³/mol. The van der Waals surface area contributed by atoms with Gasteiger partial charge in [0.15, 0.2) is 0 Å². The molecule has 2 aromatic carbocycles. The number of hydrogen-bond acceptors (Lipinski definition) is 4. The number of nitrogens with one attached hydrogen (secondary N) is 1. The second-order valence-corrected chi connectivity index (χ2v) is 8.39. The van der Waals surface area contributed by atoms with E-state index in [4.69, 9.17) is 0 Å². The molecule has 6 heteroatoms. The van der Waals surface area contributed by atoms with Crippen molar-refractivity contribution < 1.29 is 14.4 Å². The summed E-state index contributed by atoms with van der Waals surface area (Å²) in [4.78, 5) is 44.4. The Kier molecular flexibility index (Phi) is 3.84. The smallest absolute Gasteiger partial charge is 0.255 e. The lowest BCUT2D eigenvalue weighted by Gasteiger charge is -2.17. The van der Waals surface area contributed by atoms with Gasteiger partial charge in [-0.25, -0.2) is 0 Å². The maximum absolute atomic E-state index is 13.0. The van der Waals surface area contributed by atoms with Crippen molar-refractivity contribution in [2.24, 2.45) is 23.7 Å². The molecule has 1 aliphatic heterocycles. The van der Waals surface area contributed by atoms with Gasteiger partial charge in [-0.3, -0.25) is 24.3 Å². The number of hydrogen-bond donors (Lipinski definition) is 1. The standard InChI is InChI=1S/C25H19N3O3/c29-23(27-19-5-1-3-14-4-2-12-26-22(14)19)15-8-10-18(11-9-15)28-24(30)20-16-6-7-17(13-16)21(20)25(28)31/h1-12,16-17,20-21H,13H2,(H,27,29)/t16-,17?,20-,21+/m0/s1. The van der Waals surface area contributed by atoms with Crippen LogP contribution >= 0.6 is 0 Å². The van der Waals surface area contributed by atoms with Gasteiger partial charge in [0.2, 0.25) is 11.8 Å². The number of anilines is 2. The molecule has 2 bridgehead atoms. The van der Waals surface area contributed by atoms with Gasteiger partial charge in [0.1, 0.15) is 0 Å². The first-order chi connectivity index (χ1) is 15.1. The fourth-order valence-electron chi connectivity index (χ4n) is 5.32. The molecule has 2 fully saturated rings. The first kappa shape index (κ1) is 18.0. The van der Waals surface area contributed by atoms with Gasteiger partial charge in [0, 0.05) is 17.1 Å². The number of pyridine rings is 1. The van der Waals surface area contributed by atoms with Gasteiger partial charge in [-0.1, -0.05) is 30.4 Å². The number of nitrogens with zero attached hydrogens (tertiary/aromatic N) is 2. The summed E-state index contributed by atoms with van der Waals surface area (Å²) in [5.74, 6) is -0.625. The Morgan fingerprint density at radius 1 is 0.903 bits per heavy atom. The third kappa shape index (κ3) is 2.64. The number of allylic oxidation sites excluding steroid dienone is 2. The van der Waals surface area contributed by atoms with Crippen molar-refractivity contribution in [1.82, 2.24) is 4.98 Å². The van der Waals surface area contributed by atoms with E-state index in [9.17, 15) is 14.4 Å². The summed E-state index contributed by atoms with van der Waals surface area (Å²) in [7, 11) is 0.